The normalized spacial score (nSPS) is 12.0. The average Bonchev–Trinajstić information content (AvgIpc) is 2.86. The number of ether oxygens (including phenoxy) is 1. The van der Waals surface area contributed by atoms with Crippen LogP contribution in [0.5, 0.6) is 5.75 Å². The Morgan fingerprint density at radius 2 is 1.92 bits per heavy atom. The number of carbonyl (C=O) groups is 1. The van der Waals surface area contributed by atoms with Gasteiger partial charge in [0.05, 0.1) is 12.6 Å². The molecule has 1 aromatic heterocycles. The molecular weight excluding hydrogens is 351 g/mol. The minimum Gasteiger partial charge on any atom is -0.406 e. The summed E-state index contributed by atoms with van der Waals surface area (Å²) < 4.78 is 66.8. The van der Waals surface area contributed by atoms with Gasteiger partial charge < -0.3 is 4.74 Å². The standard InChI is InChI=1S/C13H12F3N3O4S/c1-19-8-11(7-17-19)24(21,22)18-12(20)6-9-2-4-10(5-3-9)23-13(14,15)16/h2-5,7-8H,6H2,1H3,(H,18,20). The van der Waals surface area contributed by atoms with Crippen LogP contribution in [0.25, 0.3) is 0 Å². The summed E-state index contributed by atoms with van der Waals surface area (Å²) in [5, 5.41) is 3.69. The van der Waals surface area contributed by atoms with Gasteiger partial charge in [0, 0.05) is 13.2 Å². The number of halogens is 3. The molecule has 1 aromatic carbocycles. The molecule has 7 nitrogen and oxygen atoms in total. The number of rotatable bonds is 5. The predicted molar refractivity (Wildman–Crippen MR) is 75.4 cm³/mol. The van der Waals surface area contributed by atoms with Crippen LogP contribution >= 0.6 is 0 Å². The molecule has 0 saturated carbocycles. The molecule has 1 heterocycles. The first kappa shape index (κ1) is 17.8. The first-order chi connectivity index (χ1) is 11.0. The van der Waals surface area contributed by atoms with Crippen LogP contribution in [0.2, 0.25) is 0 Å². The van der Waals surface area contributed by atoms with Crippen LogP contribution in [0.4, 0.5) is 13.2 Å². The van der Waals surface area contributed by atoms with E-state index in [4.69, 9.17) is 0 Å². The van der Waals surface area contributed by atoms with E-state index in [9.17, 15) is 26.4 Å². The maximum atomic E-state index is 12.0. The van der Waals surface area contributed by atoms with Gasteiger partial charge >= 0.3 is 6.36 Å². The number of aromatic nitrogens is 2. The van der Waals surface area contributed by atoms with Gasteiger partial charge in [-0.3, -0.25) is 9.48 Å². The van der Waals surface area contributed by atoms with E-state index in [1.807, 2.05) is 4.72 Å². The summed E-state index contributed by atoms with van der Waals surface area (Å²) in [7, 11) is -2.53. The average molecular weight is 363 g/mol. The molecule has 0 bridgehead atoms. The Bertz CT molecular complexity index is 829. The molecule has 0 aliphatic heterocycles. The molecule has 0 saturated heterocycles. The number of hydrogen-bond acceptors (Lipinski definition) is 5. The number of aryl methyl sites for hydroxylation is 1. The second-order valence-corrected chi connectivity index (χ2v) is 6.43. The highest BCUT2D eigenvalue weighted by atomic mass is 32.2. The van der Waals surface area contributed by atoms with Gasteiger partial charge in [0.15, 0.2) is 0 Å². The minimum atomic E-state index is -4.81. The van der Waals surface area contributed by atoms with Gasteiger partial charge in [-0.15, -0.1) is 13.2 Å². The maximum absolute atomic E-state index is 12.0. The molecule has 24 heavy (non-hydrogen) atoms. The molecule has 0 radical (unpaired) electrons. The fourth-order valence-corrected chi connectivity index (χ4v) is 2.74. The first-order valence-electron chi connectivity index (χ1n) is 6.44. The fourth-order valence-electron chi connectivity index (χ4n) is 1.78. The summed E-state index contributed by atoms with van der Waals surface area (Å²) in [4.78, 5) is 11.6. The van der Waals surface area contributed by atoms with Crippen LogP contribution in [0, 0.1) is 0 Å². The van der Waals surface area contributed by atoms with Crippen molar-refractivity contribution in [2.24, 2.45) is 7.05 Å². The number of benzene rings is 1. The van der Waals surface area contributed by atoms with E-state index in [1.165, 1.54) is 30.1 Å². The summed E-state index contributed by atoms with van der Waals surface area (Å²) in [6.07, 6.45) is -2.83. The highest BCUT2D eigenvalue weighted by molar-refractivity contribution is 7.90. The Balaban J connectivity index is 2.00. The third-order valence-electron chi connectivity index (χ3n) is 2.76. The third-order valence-corrected chi connectivity index (χ3v) is 4.09. The maximum Gasteiger partial charge on any atom is 0.573 e. The molecule has 2 rings (SSSR count). The van der Waals surface area contributed by atoms with Crippen molar-refractivity contribution in [3.05, 3.63) is 42.2 Å². The molecule has 2 aromatic rings. The van der Waals surface area contributed by atoms with Crippen LogP contribution in [0.15, 0.2) is 41.6 Å². The van der Waals surface area contributed by atoms with Crippen molar-refractivity contribution in [2.75, 3.05) is 0 Å². The van der Waals surface area contributed by atoms with E-state index < -0.39 is 28.0 Å². The van der Waals surface area contributed by atoms with E-state index in [1.54, 1.807) is 0 Å². The van der Waals surface area contributed by atoms with Crippen molar-refractivity contribution in [1.82, 2.24) is 14.5 Å². The molecular formula is C13H12F3N3O4S. The summed E-state index contributed by atoms with van der Waals surface area (Å²) in [6.45, 7) is 0. The number of alkyl halides is 3. The lowest BCUT2D eigenvalue weighted by Gasteiger charge is -2.09. The van der Waals surface area contributed by atoms with Gasteiger partial charge in [0.2, 0.25) is 5.91 Å². The topological polar surface area (TPSA) is 90.3 Å². The summed E-state index contributed by atoms with van der Waals surface area (Å²) in [5.74, 6) is -1.27. The van der Waals surface area contributed by atoms with Crippen molar-refractivity contribution in [1.29, 1.82) is 0 Å². The number of sulfonamides is 1. The Morgan fingerprint density at radius 1 is 1.29 bits per heavy atom. The van der Waals surface area contributed by atoms with Crippen molar-refractivity contribution < 1.29 is 31.1 Å². The van der Waals surface area contributed by atoms with Crippen LogP contribution in [0.1, 0.15) is 5.56 Å². The zero-order chi connectivity index (χ0) is 18.0. The molecule has 0 aliphatic rings. The molecule has 0 aliphatic carbocycles. The monoisotopic (exact) mass is 363 g/mol. The number of amides is 1. The largest absolute Gasteiger partial charge is 0.573 e. The first-order valence-corrected chi connectivity index (χ1v) is 7.92. The Hall–Kier alpha value is -2.56. The minimum absolute atomic E-state index is 0.174. The molecule has 130 valence electrons. The molecule has 0 atom stereocenters. The van der Waals surface area contributed by atoms with Gasteiger partial charge in [-0.1, -0.05) is 12.1 Å². The second-order valence-electron chi connectivity index (χ2n) is 4.75. The quantitative estimate of drug-likeness (QED) is 0.866. The van der Waals surface area contributed by atoms with Gasteiger partial charge in [-0.05, 0) is 17.7 Å². The smallest absolute Gasteiger partial charge is 0.406 e. The lowest BCUT2D eigenvalue weighted by Crippen LogP contribution is -2.31. The number of nitrogens with one attached hydrogen (secondary N) is 1. The SMILES string of the molecule is Cn1cc(S(=O)(=O)NC(=O)Cc2ccc(OC(F)(F)F)cc2)cn1. The highest BCUT2D eigenvalue weighted by Crippen LogP contribution is 2.22. The third kappa shape index (κ3) is 4.98. The predicted octanol–water partition coefficient (Wildman–Crippen LogP) is 1.37. The summed E-state index contributed by atoms with van der Waals surface area (Å²) >= 11 is 0. The van der Waals surface area contributed by atoms with E-state index >= 15 is 0 Å². The van der Waals surface area contributed by atoms with Gasteiger partial charge in [0.1, 0.15) is 10.6 Å². The molecule has 11 heteroatoms. The van der Waals surface area contributed by atoms with Crippen molar-refractivity contribution in [2.45, 2.75) is 17.7 Å². The van der Waals surface area contributed by atoms with Crippen LogP contribution < -0.4 is 9.46 Å². The van der Waals surface area contributed by atoms with E-state index in [-0.39, 0.29) is 11.3 Å². The Kier molecular flexibility index (Phi) is 4.83. The Morgan fingerprint density at radius 3 is 2.42 bits per heavy atom. The van der Waals surface area contributed by atoms with E-state index in [0.29, 0.717) is 5.56 Å². The lowest BCUT2D eigenvalue weighted by molar-refractivity contribution is -0.274. The molecule has 1 amide bonds. The second kappa shape index (κ2) is 6.51. The van der Waals surface area contributed by atoms with E-state index in [0.717, 1.165) is 18.3 Å². The van der Waals surface area contributed by atoms with Crippen molar-refractivity contribution >= 4 is 15.9 Å². The zero-order valence-electron chi connectivity index (χ0n) is 12.2. The van der Waals surface area contributed by atoms with Gasteiger partial charge in [-0.2, -0.15) is 5.10 Å². The number of nitrogens with zero attached hydrogens (tertiary/aromatic N) is 2. The summed E-state index contributed by atoms with van der Waals surface area (Å²) in [5.41, 5.74) is 0.323. The molecule has 0 unspecified atom stereocenters. The molecule has 1 N–H and O–H groups in total. The van der Waals surface area contributed by atoms with Gasteiger partial charge in [-0.25, -0.2) is 13.1 Å². The van der Waals surface area contributed by atoms with Crippen LogP contribution in [-0.2, 0) is 28.3 Å². The Labute approximate surface area is 135 Å². The van der Waals surface area contributed by atoms with Crippen molar-refractivity contribution in [3.8, 4) is 5.75 Å². The van der Waals surface area contributed by atoms with Gasteiger partial charge in [0.25, 0.3) is 10.0 Å². The van der Waals surface area contributed by atoms with Crippen LogP contribution in [0.3, 0.4) is 0 Å². The molecule has 0 spiro atoms. The highest BCUT2D eigenvalue weighted by Gasteiger charge is 2.31. The zero-order valence-corrected chi connectivity index (χ0v) is 13.1. The molecule has 0 fully saturated rings. The fraction of sp³-hybridized carbons (Fsp3) is 0.231. The van der Waals surface area contributed by atoms with Crippen molar-refractivity contribution in [3.63, 3.8) is 0 Å². The number of hydrogen-bond donors (Lipinski definition) is 1. The number of carbonyl (C=O) groups excluding carboxylic acids is 1. The summed E-state index contributed by atoms with van der Waals surface area (Å²) in [6, 6.07) is 4.53. The van der Waals surface area contributed by atoms with E-state index in [2.05, 4.69) is 9.84 Å². The van der Waals surface area contributed by atoms with Crippen LogP contribution in [-0.4, -0.2) is 30.5 Å². The lowest BCUT2D eigenvalue weighted by atomic mass is 10.1.